The zero-order chi connectivity index (χ0) is 15.5. The van der Waals surface area contributed by atoms with Crippen LogP contribution in [0.2, 0.25) is 0 Å². The minimum atomic E-state index is 0.645. The van der Waals surface area contributed by atoms with Crippen LogP contribution in [0.25, 0.3) is 11.0 Å². The number of nitrogens with zero attached hydrogens (tertiary/aromatic N) is 3. The van der Waals surface area contributed by atoms with Gasteiger partial charge in [-0.3, -0.25) is 0 Å². The minimum Gasteiger partial charge on any atom is -0.493 e. The lowest BCUT2D eigenvalue weighted by Crippen LogP contribution is -1.95. The van der Waals surface area contributed by atoms with Crippen molar-refractivity contribution in [1.82, 2.24) is 9.55 Å². The second-order valence-corrected chi connectivity index (χ2v) is 4.80. The van der Waals surface area contributed by atoms with E-state index in [9.17, 15) is 0 Å². The standard InChI is InChI=1S/C17H17N3O2/c1-20-14-9-5-4-8-13(14)19-17(20)18-11-12-7-6-10-15(21-2)16(12)22-3/h4-11H,1-3H3. The number of para-hydroxylation sites is 3. The van der Waals surface area contributed by atoms with Gasteiger partial charge in [0.1, 0.15) is 0 Å². The molecule has 0 aliphatic heterocycles. The van der Waals surface area contributed by atoms with Gasteiger partial charge in [-0.1, -0.05) is 18.2 Å². The lowest BCUT2D eigenvalue weighted by Gasteiger charge is -2.09. The summed E-state index contributed by atoms with van der Waals surface area (Å²) in [6.45, 7) is 0. The summed E-state index contributed by atoms with van der Waals surface area (Å²) < 4.78 is 12.7. The highest BCUT2D eigenvalue weighted by Gasteiger charge is 2.09. The van der Waals surface area contributed by atoms with Gasteiger partial charge in [-0.2, -0.15) is 0 Å². The smallest absolute Gasteiger partial charge is 0.230 e. The molecule has 0 amide bonds. The number of imidazole rings is 1. The van der Waals surface area contributed by atoms with Gasteiger partial charge in [-0.15, -0.1) is 0 Å². The van der Waals surface area contributed by atoms with E-state index < -0.39 is 0 Å². The van der Waals surface area contributed by atoms with Gasteiger partial charge in [-0.25, -0.2) is 9.98 Å². The predicted molar refractivity (Wildman–Crippen MR) is 87.5 cm³/mol. The van der Waals surface area contributed by atoms with E-state index in [1.165, 1.54) is 0 Å². The first-order valence-corrected chi connectivity index (χ1v) is 6.91. The highest BCUT2D eigenvalue weighted by Crippen LogP contribution is 2.30. The van der Waals surface area contributed by atoms with E-state index in [4.69, 9.17) is 9.47 Å². The maximum atomic E-state index is 5.40. The Balaban J connectivity index is 2.01. The summed E-state index contributed by atoms with van der Waals surface area (Å²) in [5, 5.41) is 0. The molecule has 0 spiro atoms. The highest BCUT2D eigenvalue weighted by atomic mass is 16.5. The van der Waals surface area contributed by atoms with E-state index >= 15 is 0 Å². The van der Waals surface area contributed by atoms with E-state index in [2.05, 4.69) is 9.98 Å². The van der Waals surface area contributed by atoms with Gasteiger partial charge < -0.3 is 14.0 Å². The first kappa shape index (κ1) is 14.1. The van der Waals surface area contributed by atoms with E-state index in [1.54, 1.807) is 20.4 Å². The van der Waals surface area contributed by atoms with E-state index in [0.717, 1.165) is 16.6 Å². The van der Waals surface area contributed by atoms with Crippen molar-refractivity contribution in [2.24, 2.45) is 12.0 Å². The van der Waals surface area contributed by atoms with Gasteiger partial charge in [0.05, 0.1) is 25.3 Å². The Labute approximate surface area is 128 Å². The molecule has 3 rings (SSSR count). The third-order valence-electron chi connectivity index (χ3n) is 3.52. The van der Waals surface area contributed by atoms with Gasteiger partial charge in [0.25, 0.3) is 0 Å². The maximum absolute atomic E-state index is 5.40. The number of ether oxygens (including phenoxy) is 2. The van der Waals surface area contributed by atoms with Crippen molar-refractivity contribution in [1.29, 1.82) is 0 Å². The summed E-state index contributed by atoms with van der Waals surface area (Å²) in [4.78, 5) is 9.01. The Morgan fingerprint density at radius 2 is 1.86 bits per heavy atom. The topological polar surface area (TPSA) is 48.6 Å². The van der Waals surface area contributed by atoms with Crippen molar-refractivity contribution in [3.8, 4) is 11.5 Å². The molecule has 1 aromatic heterocycles. The van der Waals surface area contributed by atoms with Crippen LogP contribution in [0.5, 0.6) is 11.5 Å². The maximum Gasteiger partial charge on any atom is 0.230 e. The van der Waals surface area contributed by atoms with Gasteiger partial charge in [0.15, 0.2) is 11.5 Å². The van der Waals surface area contributed by atoms with Crippen LogP contribution < -0.4 is 9.47 Å². The monoisotopic (exact) mass is 295 g/mol. The van der Waals surface area contributed by atoms with Crippen LogP contribution in [0, 0.1) is 0 Å². The zero-order valence-electron chi connectivity index (χ0n) is 12.8. The van der Waals surface area contributed by atoms with Crippen molar-refractivity contribution in [3.05, 3.63) is 48.0 Å². The summed E-state index contributed by atoms with van der Waals surface area (Å²) in [6.07, 6.45) is 1.74. The number of aliphatic imine (C=N–C) groups is 1. The SMILES string of the molecule is COc1cccc(C=Nc2nc3ccccc3n2C)c1OC. The molecule has 3 aromatic rings. The number of methoxy groups -OCH3 is 2. The number of fused-ring (bicyclic) bond motifs is 1. The molecule has 5 heteroatoms. The summed E-state index contributed by atoms with van der Waals surface area (Å²) in [6, 6.07) is 13.6. The van der Waals surface area contributed by atoms with Gasteiger partial charge >= 0.3 is 0 Å². The summed E-state index contributed by atoms with van der Waals surface area (Å²) in [5.41, 5.74) is 2.82. The fourth-order valence-corrected chi connectivity index (χ4v) is 2.39. The average molecular weight is 295 g/mol. The molecule has 5 nitrogen and oxygen atoms in total. The molecule has 0 radical (unpaired) electrons. The van der Waals surface area contributed by atoms with Crippen molar-refractivity contribution in [2.75, 3.05) is 14.2 Å². The normalized spacial score (nSPS) is 11.2. The fourth-order valence-electron chi connectivity index (χ4n) is 2.39. The van der Waals surface area contributed by atoms with Crippen molar-refractivity contribution >= 4 is 23.2 Å². The molecular weight excluding hydrogens is 278 g/mol. The van der Waals surface area contributed by atoms with E-state index in [0.29, 0.717) is 17.4 Å². The van der Waals surface area contributed by atoms with Crippen LogP contribution in [-0.4, -0.2) is 30.0 Å². The number of aromatic nitrogens is 2. The van der Waals surface area contributed by atoms with Crippen LogP contribution >= 0.6 is 0 Å². The molecular formula is C17H17N3O2. The predicted octanol–water partition coefficient (Wildman–Crippen LogP) is 3.34. The Morgan fingerprint density at radius 3 is 2.59 bits per heavy atom. The third-order valence-corrected chi connectivity index (χ3v) is 3.52. The molecule has 22 heavy (non-hydrogen) atoms. The van der Waals surface area contributed by atoms with Crippen LogP contribution in [0.1, 0.15) is 5.56 Å². The molecule has 1 heterocycles. The van der Waals surface area contributed by atoms with Gasteiger partial charge in [0.2, 0.25) is 5.95 Å². The molecule has 0 fully saturated rings. The van der Waals surface area contributed by atoms with E-state index in [1.807, 2.05) is 54.1 Å². The Hall–Kier alpha value is -2.82. The molecule has 0 aliphatic carbocycles. The molecule has 0 bridgehead atoms. The molecule has 0 unspecified atom stereocenters. The first-order valence-electron chi connectivity index (χ1n) is 6.91. The van der Waals surface area contributed by atoms with Crippen LogP contribution in [0.3, 0.4) is 0 Å². The second kappa shape index (κ2) is 5.89. The second-order valence-electron chi connectivity index (χ2n) is 4.80. The Kier molecular flexibility index (Phi) is 3.78. The number of rotatable bonds is 4. The number of hydrogen-bond acceptors (Lipinski definition) is 4. The number of benzene rings is 2. The Morgan fingerprint density at radius 1 is 1.05 bits per heavy atom. The molecule has 2 aromatic carbocycles. The molecule has 0 atom stereocenters. The van der Waals surface area contributed by atoms with Crippen molar-refractivity contribution in [3.63, 3.8) is 0 Å². The number of aryl methyl sites for hydroxylation is 1. The zero-order valence-corrected chi connectivity index (χ0v) is 12.8. The third kappa shape index (κ3) is 2.41. The average Bonchev–Trinajstić information content (AvgIpc) is 2.89. The molecule has 0 saturated carbocycles. The molecule has 0 N–H and O–H groups in total. The Bertz CT molecular complexity index is 837. The van der Waals surface area contributed by atoms with Gasteiger partial charge in [0, 0.05) is 18.8 Å². The van der Waals surface area contributed by atoms with Crippen molar-refractivity contribution < 1.29 is 9.47 Å². The lowest BCUT2D eigenvalue weighted by molar-refractivity contribution is 0.354. The minimum absolute atomic E-state index is 0.645. The fraction of sp³-hybridized carbons (Fsp3) is 0.176. The van der Waals surface area contributed by atoms with Crippen LogP contribution in [0.15, 0.2) is 47.5 Å². The quantitative estimate of drug-likeness (QED) is 0.694. The number of hydrogen-bond donors (Lipinski definition) is 0. The van der Waals surface area contributed by atoms with Crippen LogP contribution in [-0.2, 0) is 7.05 Å². The highest BCUT2D eigenvalue weighted by molar-refractivity contribution is 5.87. The van der Waals surface area contributed by atoms with Gasteiger partial charge in [-0.05, 0) is 24.3 Å². The molecule has 0 aliphatic rings. The molecule has 0 saturated heterocycles. The summed E-state index contributed by atoms with van der Waals surface area (Å²) in [5.74, 6) is 1.98. The van der Waals surface area contributed by atoms with E-state index in [-0.39, 0.29) is 0 Å². The summed E-state index contributed by atoms with van der Waals surface area (Å²) in [7, 11) is 5.18. The van der Waals surface area contributed by atoms with Crippen molar-refractivity contribution in [2.45, 2.75) is 0 Å². The van der Waals surface area contributed by atoms with Crippen LogP contribution in [0.4, 0.5) is 5.95 Å². The lowest BCUT2D eigenvalue weighted by atomic mass is 10.2. The largest absolute Gasteiger partial charge is 0.493 e. The summed E-state index contributed by atoms with van der Waals surface area (Å²) >= 11 is 0. The first-order chi connectivity index (χ1) is 10.7. The molecule has 112 valence electrons.